The number of fused-ring (bicyclic) bond motifs is 1. The van der Waals surface area contributed by atoms with Gasteiger partial charge < -0.3 is 25.5 Å². The highest BCUT2D eigenvalue weighted by atomic mass is 32.2. The molecule has 3 aliphatic rings. The van der Waals surface area contributed by atoms with Crippen LogP contribution in [0.25, 0.3) is 0 Å². The molecule has 3 aliphatic heterocycles. The Labute approximate surface area is 218 Å². The largest absolute Gasteiger partial charge is 0.396 e. The van der Waals surface area contributed by atoms with E-state index in [9.17, 15) is 19.5 Å². The van der Waals surface area contributed by atoms with Crippen LogP contribution in [0.3, 0.4) is 0 Å². The first-order chi connectivity index (χ1) is 17.3. The van der Waals surface area contributed by atoms with Gasteiger partial charge in [0.2, 0.25) is 17.7 Å². The fourth-order valence-electron chi connectivity index (χ4n) is 6.52. The summed E-state index contributed by atoms with van der Waals surface area (Å²) < 4.78 is -0.642. The number of hydrogen-bond acceptors (Lipinski definition) is 6. The van der Waals surface area contributed by atoms with Crippen LogP contribution in [0.1, 0.15) is 47.0 Å². The fraction of sp³-hybridized carbons (Fsp3) is 0.667. The molecule has 3 unspecified atom stereocenters. The van der Waals surface area contributed by atoms with Crippen LogP contribution < -0.4 is 15.5 Å². The molecule has 0 saturated carbocycles. The predicted molar refractivity (Wildman–Crippen MR) is 144 cm³/mol. The average molecular weight is 517 g/mol. The third kappa shape index (κ3) is 4.38. The van der Waals surface area contributed by atoms with Gasteiger partial charge in [-0.2, -0.15) is 0 Å². The molecule has 3 N–H and O–H groups in total. The minimum Gasteiger partial charge on any atom is -0.396 e. The molecule has 3 fully saturated rings. The number of rotatable bonds is 11. The number of anilines is 2. The van der Waals surface area contributed by atoms with Crippen LogP contribution >= 0.6 is 11.8 Å². The van der Waals surface area contributed by atoms with Crippen molar-refractivity contribution in [3.63, 3.8) is 0 Å². The van der Waals surface area contributed by atoms with Crippen LogP contribution in [0, 0.1) is 17.8 Å². The summed E-state index contributed by atoms with van der Waals surface area (Å²) in [5.74, 6) is -1.23. The van der Waals surface area contributed by atoms with Crippen molar-refractivity contribution in [1.29, 1.82) is 0 Å². The molecule has 0 aliphatic carbocycles. The van der Waals surface area contributed by atoms with Crippen molar-refractivity contribution < 1.29 is 19.5 Å². The molecule has 2 bridgehead atoms. The topological polar surface area (TPSA) is 102 Å². The lowest BCUT2D eigenvalue weighted by atomic mass is 9.66. The van der Waals surface area contributed by atoms with Gasteiger partial charge in [0.1, 0.15) is 6.04 Å². The summed E-state index contributed by atoms with van der Waals surface area (Å²) >= 11 is 1.67. The van der Waals surface area contributed by atoms with Gasteiger partial charge in [-0.05, 0) is 63.3 Å². The molecule has 3 amide bonds. The maximum absolute atomic E-state index is 13.9. The smallest absolute Gasteiger partial charge is 0.248 e. The van der Waals surface area contributed by atoms with E-state index in [2.05, 4.69) is 36.3 Å². The standard InChI is InChI=1S/C27H40N4O4S/c1-5-13-28-24(33)21-20-16-17(4)27(36-20)22(21)26(35)31(14-8-15-32)23(27)25(34)29-18-9-11-19(12-10-18)30(6-2)7-3/h9-12,17,20-23,32H,5-8,13-16H2,1-4H3,(H,28,33)(H,29,34)/t17?,20-,21+,22-,23?,27?/m0/s1. The van der Waals surface area contributed by atoms with Gasteiger partial charge in [0.05, 0.1) is 16.6 Å². The Bertz CT molecular complexity index is 969. The second-order valence-electron chi connectivity index (χ2n) is 10.2. The van der Waals surface area contributed by atoms with Gasteiger partial charge in [0.15, 0.2) is 0 Å². The summed E-state index contributed by atoms with van der Waals surface area (Å²) in [7, 11) is 0. The van der Waals surface area contributed by atoms with Crippen LogP contribution in [-0.2, 0) is 14.4 Å². The van der Waals surface area contributed by atoms with Crippen LogP contribution in [0.15, 0.2) is 24.3 Å². The number of nitrogens with one attached hydrogen (secondary N) is 2. The van der Waals surface area contributed by atoms with E-state index in [1.807, 2.05) is 31.2 Å². The predicted octanol–water partition coefficient (Wildman–Crippen LogP) is 2.72. The molecule has 0 aromatic heterocycles. The third-order valence-corrected chi connectivity index (χ3v) is 10.2. The second kappa shape index (κ2) is 11.0. The first-order valence-corrected chi connectivity index (χ1v) is 14.2. The van der Waals surface area contributed by atoms with Crippen LogP contribution in [-0.4, -0.2) is 76.6 Å². The van der Waals surface area contributed by atoms with E-state index in [-0.39, 0.29) is 35.5 Å². The van der Waals surface area contributed by atoms with Gasteiger partial charge in [-0.3, -0.25) is 14.4 Å². The third-order valence-electron chi connectivity index (χ3n) is 8.17. The molecule has 1 spiro atoms. The highest BCUT2D eigenvalue weighted by Crippen LogP contribution is 2.68. The normalized spacial score (nSPS) is 30.4. The molecular weight excluding hydrogens is 476 g/mol. The lowest BCUT2D eigenvalue weighted by Crippen LogP contribution is -2.55. The first kappa shape index (κ1) is 26.8. The summed E-state index contributed by atoms with van der Waals surface area (Å²) in [6.45, 7) is 11.0. The summed E-state index contributed by atoms with van der Waals surface area (Å²) in [5, 5.41) is 15.6. The fourth-order valence-corrected chi connectivity index (χ4v) is 8.94. The van der Waals surface area contributed by atoms with E-state index in [4.69, 9.17) is 0 Å². The van der Waals surface area contributed by atoms with Crippen molar-refractivity contribution >= 4 is 40.9 Å². The van der Waals surface area contributed by atoms with Gasteiger partial charge in [0.25, 0.3) is 0 Å². The number of carbonyl (C=O) groups excluding carboxylic acids is 3. The Kier molecular flexibility index (Phi) is 8.19. The van der Waals surface area contributed by atoms with Crippen molar-refractivity contribution in [3.8, 4) is 0 Å². The van der Waals surface area contributed by atoms with Crippen LogP contribution in [0.4, 0.5) is 11.4 Å². The Hall–Kier alpha value is -2.26. The Balaban J connectivity index is 1.63. The van der Waals surface area contributed by atoms with E-state index >= 15 is 0 Å². The Morgan fingerprint density at radius 3 is 2.47 bits per heavy atom. The summed E-state index contributed by atoms with van der Waals surface area (Å²) in [5.41, 5.74) is 1.78. The molecule has 9 heteroatoms. The summed E-state index contributed by atoms with van der Waals surface area (Å²) in [6, 6.07) is 7.12. The van der Waals surface area contributed by atoms with E-state index in [0.717, 1.165) is 31.6 Å². The monoisotopic (exact) mass is 516 g/mol. The van der Waals surface area contributed by atoms with Crippen LogP contribution in [0.5, 0.6) is 0 Å². The summed E-state index contributed by atoms with van der Waals surface area (Å²) in [6.07, 6.45) is 2.04. The van der Waals surface area contributed by atoms with Crippen molar-refractivity contribution in [2.45, 2.75) is 63.0 Å². The van der Waals surface area contributed by atoms with Crippen molar-refractivity contribution in [3.05, 3.63) is 24.3 Å². The molecule has 1 aromatic rings. The maximum Gasteiger partial charge on any atom is 0.248 e. The van der Waals surface area contributed by atoms with Gasteiger partial charge in [-0.25, -0.2) is 0 Å². The zero-order valence-corrected chi connectivity index (χ0v) is 22.6. The number of nitrogens with zero attached hydrogens (tertiary/aromatic N) is 2. The number of thioether (sulfide) groups is 1. The number of carbonyl (C=O) groups is 3. The van der Waals surface area contributed by atoms with Crippen molar-refractivity contribution in [2.75, 3.05) is 43.0 Å². The summed E-state index contributed by atoms with van der Waals surface area (Å²) in [4.78, 5) is 44.8. The van der Waals surface area contributed by atoms with E-state index in [1.165, 1.54) is 0 Å². The molecule has 4 rings (SSSR count). The number of amides is 3. The molecule has 36 heavy (non-hydrogen) atoms. The molecule has 6 atom stereocenters. The SMILES string of the molecule is CCCNC(=O)[C@@H]1[C@@H]2CC(C)C3(S2)C(C(=O)Nc2ccc(N(CC)CC)cc2)N(CCCO)C(=O)[C@H]13. The molecule has 3 heterocycles. The van der Waals surface area contributed by atoms with Gasteiger partial charge in [0, 0.05) is 49.4 Å². The van der Waals surface area contributed by atoms with E-state index in [1.54, 1.807) is 16.7 Å². The zero-order valence-electron chi connectivity index (χ0n) is 21.8. The number of aliphatic hydroxyl groups excluding tert-OH is 1. The zero-order chi connectivity index (χ0) is 26.0. The van der Waals surface area contributed by atoms with Crippen molar-refractivity contribution in [2.24, 2.45) is 17.8 Å². The minimum absolute atomic E-state index is 0.0365. The Morgan fingerprint density at radius 2 is 1.86 bits per heavy atom. The lowest BCUT2D eigenvalue weighted by Gasteiger charge is -2.38. The molecule has 1 aromatic carbocycles. The number of likely N-dealkylation sites (tertiary alicyclic amines) is 1. The van der Waals surface area contributed by atoms with Gasteiger partial charge in [-0.1, -0.05) is 13.8 Å². The second-order valence-corrected chi connectivity index (χ2v) is 11.7. The lowest BCUT2D eigenvalue weighted by molar-refractivity contribution is -0.139. The van der Waals surface area contributed by atoms with Gasteiger partial charge >= 0.3 is 0 Å². The minimum atomic E-state index is -0.682. The molecule has 3 saturated heterocycles. The highest BCUT2D eigenvalue weighted by molar-refractivity contribution is 8.02. The highest BCUT2D eigenvalue weighted by Gasteiger charge is 2.75. The molecule has 0 radical (unpaired) electrons. The van der Waals surface area contributed by atoms with Crippen molar-refractivity contribution in [1.82, 2.24) is 10.2 Å². The number of benzene rings is 1. The number of aliphatic hydroxyl groups is 1. The average Bonchev–Trinajstić information content (AvgIpc) is 3.46. The molecule has 198 valence electrons. The maximum atomic E-state index is 13.9. The molecule has 8 nitrogen and oxygen atoms in total. The van der Waals surface area contributed by atoms with E-state index in [0.29, 0.717) is 25.2 Å². The quantitative estimate of drug-likeness (QED) is 0.418. The van der Waals surface area contributed by atoms with E-state index < -0.39 is 22.6 Å². The van der Waals surface area contributed by atoms with Gasteiger partial charge in [-0.15, -0.1) is 11.8 Å². The van der Waals surface area contributed by atoms with Crippen LogP contribution in [0.2, 0.25) is 0 Å². The molecular formula is C27H40N4O4S. The Morgan fingerprint density at radius 1 is 1.17 bits per heavy atom. The first-order valence-electron chi connectivity index (χ1n) is 13.4. The number of hydrogen-bond donors (Lipinski definition) is 3.